The summed E-state index contributed by atoms with van der Waals surface area (Å²) in [5.41, 5.74) is 4.98. The van der Waals surface area contributed by atoms with Crippen LogP contribution >= 0.6 is 0 Å². The van der Waals surface area contributed by atoms with Crippen LogP contribution in [-0.4, -0.2) is 27.7 Å². The van der Waals surface area contributed by atoms with Gasteiger partial charge in [-0.25, -0.2) is 16.8 Å². The van der Waals surface area contributed by atoms with Crippen molar-refractivity contribution in [1.29, 1.82) is 0 Å². The van der Waals surface area contributed by atoms with Gasteiger partial charge in [0.25, 0.3) is 0 Å². The van der Waals surface area contributed by atoms with Crippen molar-refractivity contribution in [2.75, 3.05) is 11.3 Å². The molecule has 8 heteroatoms. The van der Waals surface area contributed by atoms with Gasteiger partial charge in [-0.1, -0.05) is 53.6 Å². The molecule has 0 spiro atoms. The van der Waals surface area contributed by atoms with Crippen LogP contribution in [0.3, 0.4) is 0 Å². The van der Waals surface area contributed by atoms with Crippen LogP contribution in [-0.2, 0) is 38.8 Å². The molecule has 1 N–H and O–H groups in total. The number of nitrogens with one attached hydrogen (secondary N) is 1. The average Bonchev–Trinajstić information content (AvgIpc) is 2.73. The van der Waals surface area contributed by atoms with Crippen molar-refractivity contribution in [2.24, 2.45) is 0 Å². The lowest BCUT2D eigenvalue weighted by atomic mass is 10.0. The van der Waals surface area contributed by atoms with E-state index in [1.807, 2.05) is 38.1 Å². The van der Waals surface area contributed by atoms with Crippen molar-refractivity contribution < 1.29 is 16.8 Å². The summed E-state index contributed by atoms with van der Waals surface area (Å²) >= 11 is 0. The molecule has 1 aliphatic heterocycles. The van der Waals surface area contributed by atoms with Gasteiger partial charge < -0.3 is 0 Å². The molecule has 0 fully saturated rings. The molecule has 0 unspecified atom stereocenters. The highest BCUT2D eigenvalue weighted by Crippen LogP contribution is 2.28. The quantitative estimate of drug-likeness (QED) is 0.590. The third-order valence-corrected chi connectivity index (χ3v) is 8.67. The smallest absolute Gasteiger partial charge is 0.243 e. The lowest BCUT2D eigenvalue weighted by Gasteiger charge is -2.28. The molecular formula is C24H26N2O4S2. The lowest BCUT2D eigenvalue weighted by molar-refractivity contribution is 0.391. The van der Waals surface area contributed by atoms with Crippen LogP contribution in [0.1, 0.15) is 27.8 Å². The Morgan fingerprint density at radius 2 is 1.59 bits per heavy atom. The molecule has 0 aliphatic carbocycles. The van der Waals surface area contributed by atoms with E-state index >= 15 is 0 Å². The molecule has 3 aromatic carbocycles. The third-order valence-electron chi connectivity index (χ3n) is 5.55. The molecule has 0 saturated carbocycles. The Morgan fingerprint density at radius 1 is 0.844 bits per heavy atom. The van der Waals surface area contributed by atoms with E-state index in [-0.39, 0.29) is 17.2 Å². The van der Waals surface area contributed by atoms with Crippen molar-refractivity contribution in [3.8, 4) is 0 Å². The first-order valence-electron chi connectivity index (χ1n) is 10.4. The third kappa shape index (κ3) is 5.03. The maximum Gasteiger partial charge on any atom is 0.243 e. The highest BCUT2D eigenvalue weighted by atomic mass is 32.2. The number of aryl methyl sites for hydroxylation is 2. The van der Waals surface area contributed by atoms with Gasteiger partial charge in [-0.2, -0.15) is 4.31 Å². The van der Waals surface area contributed by atoms with Gasteiger partial charge in [-0.3, -0.25) is 4.72 Å². The zero-order chi connectivity index (χ0) is 22.9. The average molecular weight is 471 g/mol. The minimum Gasteiger partial charge on any atom is -0.283 e. The second-order valence-corrected chi connectivity index (χ2v) is 11.9. The SMILES string of the molecule is Cc1ccc(S(=O)(=O)N2CCc3ccc(NS(=O)(=O)Cc4cccc(C)c4)cc3C2)cc1. The first-order chi connectivity index (χ1) is 15.1. The molecule has 3 aromatic rings. The van der Waals surface area contributed by atoms with Crippen LogP contribution in [0.15, 0.2) is 71.6 Å². The van der Waals surface area contributed by atoms with Gasteiger partial charge in [0.05, 0.1) is 10.6 Å². The van der Waals surface area contributed by atoms with Gasteiger partial charge >= 0.3 is 0 Å². The fourth-order valence-corrected chi connectivity index (χ4v) is 6.49. The Hall–Kier alpha value is -2.68. The van der Waals surface area contributed by atoms with Crippen molar-refractivity contribution in [3.05, 3.63) is 94.5 Å². The van der Waals surface area contributed by atoms with Gasteiger partial charge in [-0.05, 0) is 61.2 Å². The van der Waals surface area contributed by atoms with Gasteiger partial charge in [-0.15, -0.1) is 0 Å². The minimum absolute atomic E-state index is 0.125. The Bertz CT molecular complexity index is 1350. The van der Waals surface area contributed by atoms with E-state index in [0.29, 0.717) is 24.2 Å². The van der Waals surface area contributed by atoms with Crippen molar-refractivity contribution in [1.82, 2.24) is 4.31 Å². The van der Waals surface area contributed by atoms with Crippen molar-refractivity contribution in [3.63, 3.8) is 0 Å². The maximum atomic E-state index is 13.1. The van der Waals surface area contributed by atoms with E-state index in [1.165, 1.54) is 4.31 Å². The molecule has 4 rings (SSSR count). The molecule has 1 aliphatic rings. The largest absolute Gasteiger partial charge is 0.283 e. The Labute approximate surface area is 190 Å². The Balaban J connectivity index is 1.53. The molecule has 0 amide bonds. The predicted molar refractivity (Wildman–Crippen MR) is 126 cm³/mol. The zero-order valence-corrected chi connectivity index (χ0v) is 19.7. The van der Waals surface area contributed by atoms with E-state index in [9.17, 15) is 16.8 Å². The highest BCUT2D eigenvalue weighted by molar-refractivity contribution is 7.91. The fraction of sp³-hybridized carbons (Fsp3) is 0.250. The van der Waals surface area contributed by atoms with Gasteiger partial charge in [0.15, 0.2) is 0 Å². The van der Waals surface area contributed by atoms with E-state index in [1.54, 1.807) is 42.5 Å². The van der Waals surface area contributed by atoms with Crippen LogP contribution in [0, 0.1) is 13.8 Å². The van der Waals surface area contributed by atoms with E-state index in [0.717, 1.165) is 22.3 Å². The summed E-state index contributed by atoms with van der Waals surface area (Å²) in [6, 6.07) is 19.5. The lowest BCUT2D eigenvalue weighted by Crippen LogP contribution is -2.36. The Kier molecular flexibility index (Phi) is 6.11. The van der Waals surface area contributed by atoms with Crippen LogP contribution in [0.25, 0.3) is 0 Å². The standard InChI is InChI=1S/C24H26N2O4S2/c1-18-6-10-24(11-7-18)32(29,30)26-13-12-21-8-9-23(15-22(21)16-26)25-31(27,28)17-20-5-3-4-19(2)14-20/h3-11,14-15,25H,12-13,16-17H2,1-2H3. The second kappa shape index (κ2) is 8.69. The summed E-state index contributed by atoms with van der Waals surface area (Å²) in [5.74, 6) is -0.125. The van der Waals surface area contributed by atoms with Gasteiger partial charge in [0.1, 0.15) is 0 Å². The monoisotopic (exact) mass is 470 g/mol. The van der Waals surface area contributed by atoms with Crippen LogP contribution in [0.5, 0.6) is 0 Å². The van der Waals surface area contributed by atoms with Gasteiger partial charge in [0.2, 0.25) is 20.0 Å². The summed E-state index contributed by atoms with van der Waals surface area (Å²) in [7, 11) is -7.22. The molecular weight excluding hydrogens is 444 g/mol. The molecule has 1 heterocycles. The molecule has 0 bridgehead atoms. The number of benzene rings is 3. The Morgan fingerprint density at radius 3 is 2.31 bits per heavy atom. The van der Waals surface area contributed by atoms with Crippen molar-refractivity contribution in [2.45, 2.75) is 37.5 Å². The molecule has 0 aromatic heterocycles. The first-order valence-corrected chi connectivity index (χ1v) is 13.5. The number of anilines is 1. The topological polar surface area (TPSA) is 83.6 Å². The number of hydrogen-bond donors (Lipinski definition) is 1. The van der Waals surface area contributed by atoms with E-state index in [2.05, 4.69) is 4.72 Å². The predicted octanol–water partition coefficient (Wildman–Crippen LogP) is 3.99. The normalized spacial score (nSPS) is 14.7. The molecule has 32 heavy (non-hydrogen) atoms. The minimum atomic E-state index is -3.62. The molecule has 0 saturated heterocycles. The summed E-state index contributed by atoms with van der Waals surface area (Å²) in [6.07, 6.45) is 0.580. The van der Waals surface area contributed by atoms with E-state index in [4.69, 9.17) is 0 Å². The number of rotatable bonds is 6. The van der Waals surface area contributed by atoms with Gasteiger partial charge in [0, 0.05) is 18.8 Å². The van der Waals surface area contributed by atoms with Crippen LogP contribution in [0.4, 0.5) is 5.69 Å². The molecule has 0 radical (unpaired) electrons. The number of hydrogen-bond acceptors (Lipinski definition) is 4. The van der Waals surface area contributed by atoms with E-state index < -0.39 is 20.0 Å². The number of nitrogens with zero attached hydrogens (tertiary/aromatic N) is 1. The van der Waals surface area contributed by atoms with Crippen LogP contribution in [0.2, 0.25) is 0 Å². The number of fused-ring (bicyclic) bond motifs is 1. The summed E-state index contributed by atoms with van der Waals surface area (Å²) in [4.78, 5) is 0.265. The zero-order valence-electron chi connectivity index (χ0n) is 18.1. The molecule has 168 valence electrons. The number of sulfonamides is 2. The summed E-state index contributed by atoms with van der Waals surface area (Å²) in [6.45, 7) is 4.43. The highest BCUT2D eigenvalue weighted by Gasteiger charge is 2.28. The van der Waals surface area contributed by atoms with Crippen molar-refractivity contribution >= 4 is 25.7 Å². The second-order valence-electron chi connectivity index (χ2n) is 8.24. The maximum absolute atomic E-state index is 13.1. The molecule has 6 nitrogen and oxygen atoms in total. The summed E-state index contributed by atoms with van der Waals surface area (Å²) in [5, 5.41) is 0. The fourth-order valence-electron chi connectivity index (χ4n) is 3.90. The summed E-state index contributed by atoms with van der Waals surface area (Å²) < 4.78 is 55.6. The molecule has 0 atom stereocenters. The van der Waals surface area contributed by atoms with Crippen LogP contribution < -0.4 is 4.72 Å². The first kappa shape index (κ1) is 22.5.